The van der Waals surface area contributed by atoms with Crippen LogP contribution < -0.4 is 4.74 Å². The van der Waals surface area contributed by atoms with Crippen molar-refractivity contribution in [2.75, 3.05) is 6.26 Å². The zero-order chi connectivity index (χ0) is 17.7. The molecule has 0 unspecified atom stereocenters. The highest BCUT2D eigenvalue weighted by molar-refractivity contribution is 7.90. The van der Waals surface area contributed by atoms with E-state index in [1.807, 2.05) is 0 Å². The third-order valence-electron chi connectivity index (χ3n) is 3.05. The summed E-state index contributed by atoms with van der Waals surface area (Å²) in [5.74, 6) is -0.863. The van der Waals surface area contributed by atoms with Crippen molar-refractivity contribution in [2.24, 2.45) is 0 Å². The predicted molar refractivity (Wildman–Crippen MR) is 81.7 cm³/mol. The number of sulfone groups is 1. The van der Waals surface area contributed by atoms with E-state index in [1.165, 1.54) is 42.5 Å². The molecular weight excluding hydrogens is 342 g/mol. The molecule has 0 aromatic heterocycles. The summed E-state index contributed by atoms with van der Waals surface area (Å²) in [6, 6.07) is 11.3. The maximum absolute atomic E-state index is 12.3. The molecule has 0 spiro atoms. The molecule has 128 valence electrons. The van der Waals surface area contributed by atoms with Gasteiger partial charge in [-0.25, -0.2) is 13.2 Å². The Hall–Kier alpha value is -2.48. The summed E-state index contributed by atoms with van der Waals surface area (Å²) in [5.41, 5.74) is 0.315. The molecule has 0 fully saturated rings. The minimum atomic E-state index is -3.46. The summed E-state index contributed by atoms with van der Waals surface area (Å²) >= 11 is 0. The lowest BCUT2D eigenvalue weighted by atomic mass is 10.2. The van der Waals surface area contributed by atoms with Crippen molar-refractivity contribution in [1.29, 1.82) is 0 Å². The Kier molecular flexibility index (Phi) is 5.50. The maximum atomic E-state index is 12.3. The van der Waals surface area contributed by atoms with Gasteiger partial charge >= 0.3 is 12.6 Å². The summed E-state index contributed by atoms with van der Waals surface area (Å²) in [6.45, 7) is -3.28. The fraction of sp³-hybridized carbons (Fsp3) is 0.188. The van der Waals surface area contributed by atoms with Crippen LogP contribution in [0.3, 0.4) is 0 Å². The molecule has 0 radical (unpaired) electrons. The van der Waals surface area contributed by atoms with E-state index in [0.717, 1.165) is 6.26 Å². The molecule has 0 bridgehead atoms. The molecule has 0 saturated heterocycles. The van der Waals surface area contributed by atoms with Crippen LogP contribution >= 0.6 is 0 Å². The number of halogens is 2. The molecule has 0 N–H and O–H groups in total. The fourth-order valence-electron chi connectivity index (χ4n) is 1.91. The topological polar surface area (TPSA) is 69.7 Å². The standard InChI is InChI=1S/C16H14F2O5S/c1-24(20,21)13-7-4-6-11(9-13)15(19)22-10-12-5-2-3-8-14(12)23-16(17)18/h2-9,16H,10H2,1H3. The monoisotopic (exact) mass is 356 g/mol. The molecule has 0 aliphatic carbocycles. The van der Waals surface area contributed by atoms with Crippen molar-refractivity contribution >= 4 is 15.8 Å². The van der Waals surface area contributed by atoms with Crippen LogP contribution in [-0.4, -0.2) is 27.3 Å². The smallest absolute Gasteiger partial charge is 0.387 e. The van der Waals surface area contributed by atoms with Gasteiger partial charge in [0, 0.05) is 11.8 Å². The van der Waals surface area contributed by atoms with E-state index in [0.29, 0.717) is 0 Å². The number of hydrogen-bond acceptors (Lipinski definition) is 5. The predicted octanol–water partition coefficient (Wildman–Crippen LogP) is 3.05. The van der Waals surface area contributed by atoms with Crippen LogP contribution in [0.1, 0.15) is 15.9 Å². The van der Waals surface area contributed by atoms with Gasteiger partial charge < -0.3 is 9.47 Å². The molecule has 2 rings (SSSR count). The minimum absolute atomic E-state index is 0.0154. The van der Waals surface area contributed by atoms with E-state index in [-0.39, 0.29) is 28.4 Å². The van der Waals surface area contributed by atoms with Crippen LogP contribution in [0.25, 0.3) is 0 Å². The van der Waals surface area contributed by atoms with E-state index in [9.17, 15) is 22.0 Å². The molecule has 2 aromatic rings. The van der Waals surface area contributed by atoms with Crippen LogP contribution in [0.4, 0.5) is 8.78 Å². The van der Waals surface area contributed by atoms with Crippen LogP contribution in [0.5, 0.6) is 5.75 Å². The normalized spacial score (nSPS) is 11.3. The van der Waals surface area contributed by atoms with E-state index in [4.69, 9.17) is 4.74 Å². The zero-order valence-corrected chi connectivity index (χ0v) is 13.4. The Morgan fingerprint density at radius 1 is 1.12 bits per heavy atom. The molecule has 0 heterocycles. The number of esters is 1. The molecule has 8 heteroatoms. The van der Waals surface area contributed by atoms with Gasteiger partial charge in [0.1, 0.15) is 12.4 Å². The number of alkyl halides is 2. The number of rotatable bonds is 6. The summed E-state index contributed by atoms with van der Waals surface area (Å²) in [5, 5.41) is 0. The van der Waals surface area contributed by atoms with Gasteiger partial charge in [0.15, 0.2) is 9.84 Å². The molecule has 2 aromatic carbocycles. The summed E-state index contributed by atoms with van der Waals surface area (Å²) in [6.07, 6.45) is 1.02. The highest BCUT2D eigenvalue weighted by Crippen LogP contribution is 2.21. The van der Waals surface area contributed by atoms with Crippen LogP contribution in [-0.2, 0) is 21.2 Å². The van der Waals surface area contributed by atoms with Gasteiger partial charge in [0.05, 0.1) is 10.5 Å². The lowest BCUT2D eigenvalue weighted by Crippen LogP contribution is -2.09. The van der Waals surface area contributed by atoms with Crippen molar-refractivity contribution in [1.82, 2.24) is 0 Å². The number of ether oxygens (including phenoxy) is 2. The van der Waals surface area contributed by atoms with Crippen molar-refractivity contribution in [3.63, 3.8) is 0 Å². The van der Waals surface area contributed by atoms with Crippen molar-refractivity contribution in [3.05, 3.63) is 59.7 Å². The van der Waals surface area contributed by atoms with Gasteiger partial charge in [-0.05, 0) is 24.3 Å². The number of para-hydroxylation sites is 1. The number of hydrogen-bond donors (Lipinski definition) is 0. The molecule has 0 atom stereocenters. The Balaban J connectivity index is 2.12. The van der Waals surface area contributed by atoms with E-state index < -0.39 is 22.4 Å². The second-order valence-electron chi connectivity index (χ2n) is 4.86. The minimum Gasteiger partial charge on any atom is -0.457 e. The van der Waals surface area contributed by atoms with Crippen LogP contribution in [0.2, 0.25) is 0 Å². The number of benzene rings is 2. The van der Waals surface area contributed by atoms with Gasteiger partial charge in [0.2, 0.25) is 0 Å². The quantitative estimate of drug-likeness (QED) is 0.744. The van der Waals surface area contributed by atoms with Gasteiger partial charge in [-0.15, -0.1) is 0 Å². The Morgan fingerprint density at radius 2 is 1.83 bits per heavy atom. The highest BCUT2D eigenvalue weighted by Gasteiger charge is 2.14. The molecule has 0 aliphatic rings. The molecule has 5 nitrogen and oxygen atoms in total. The average Bonchev–Trinajstić information content (AvgIpc) is 2.52. The lowest BCUT2D eigenvalue weighted by molar-refractivity contribution is -0.0510. The molecular formula is C16H14F2O5S. The second kappa shape index (κ2) is 7.39. The summed E-state index contributed by atoms with van der Waals surface area (Å²) in [7, 11) is -3.46. The Morgan fingerprint density at radius 3 is 2.50 bits per heavy atom. The number of carbonyl (C=O) groups excluding carboxylic acids is 1. The maximum Gasteiger partial charge on any atom is 0.387 e. The first-order valence-corrected chi connectivity index (χ1v) is 8.66. The van der Waals surface area contributed by atoms with Crippen molar-refractivity contribution < 1.29 is 31.5 Å². The SMILES string of the molecule is CS(=O)(=O)c1cccc(C(=O)OCc2ccccc2OC(F)F)c1. The first-order chi connectivity index (χ1) is 11.3. The van der Waals surface area contributed by atoms with E-state index >= 15 is 0 Å². The largest absolute Gasteiger partial charge is 0.457 e. The van der Waals surface area contributed by atoms with Crippen LogP contribution in [0, 0.1) is 0 Å². The van der Waals surface area contributed by atoms with Crippen molar-refractivity contribution in [2.45, 2.75) is 18.1 Å². The number of carbonyl (C=O) groups is 1. The Bertz CT molecular complexity index is 834. The molecule has 0 amide bonds. The fourth-order valence-corrected chi connectivity index (χ4v) is 2.58. The Labute approximate surface area is 137 Å². The van der Waals surface area contributed by atoms with E-state index in [1.54, 1.807) is 6.07 Å². The lowest BCUT2D eigenvalue weighted by Gasteiger charge is -2.11. The van der Waals surface area contributed by atoms with Gasteiger partial charge in [-0.3, -0.25) is 0 Å². The first kappa shape index (κ1) is 17.9. The third-order valence-corrected chi connectivity index (χ3v) is 4.16. The van der Waals surface area contributed by atoms with Gasteiger partial charge in [-0.1, -0.05) is 24.3 Å². The summed E-state index contributed by atoms with van der Waals surface area (Å²) in [4.78, 5) is 12.0. The van der Waals surface area contributed by atoms with Crippen LogP contribution in [0.15, 0.2) is 53.4 Å². The van der Waals surface area contributed by atoms with Crippen molar-refractivity contribution in [3.8, 4) is 5.75 Å². The second-order valence-corrected chi connectivity index (χ2v) is 6.88. The first-order valence-electron chi connectivity index (χ1n) is 6.77. The molecule has 24 heavy (non-hydrogen) atoms. The average molecular weight is 356 g/mol. The third kappa shape index (κ3) is 4.76. The van der Waals surface area contributed by atoms with Gasteiger partial charge in [-0.2, -0.15) is 8.78 Å². The molecule has 0 aliphatic heterocycles. The van der Waals surface area contributed by atoms with E-state index in [2.05, 4.69) is 4.74 Å². The summed E-state index contributed by atoms with van der Waals surface area (Å²) < 4.78 is 57.0. The molecule has 0 saturated carbocycles. The highest BCUT2D eigenvalue weighted by atomic mass is 32.2. The zero-order valence-electron chi connectivity index (χ0n) is 12.6. The van der Waals surface area contributed by atoms with Gasteiger partial charge in [0.25, 0.3) is 0 Å².